The van der Waals surface area contributed by atoms with Crippen LogP contribution in [0.3, 0.4) is 0 Å². The number of rotatable bonds is 6. The lowest BCUT2D eigenvalue weighted by molar-refractivity contribution is -0.0227. The lowest BCUT2D eigenvalue weighted by Gasteiger charge is -2.38. The molecule has 0 radical (unpaired) electrons. The lowest BCUT2D eigenvalue weighted by atomic mass is 10.2. The van der Waals surface area contributed by atoms with Crippen molar-refractivity contribution >= 4 is 8.32 Å². The molecule has 0 fully saturated rings. The molecule has 0 N–H and O–H groups in total. The fourth-order valence-corrected chi connectivity index (χ4v) is 3.33. The van der Waals surface area contributed by atoms with Gasteiger partial charge in [-0.15, -0.1) is 0 Å². The van der Waals surface area contributed by atoms with E-state index in [4.69, 9.17) is 13.9 Å². The predicted octanol–water partition coefficient (Wildman–Crippen LogP) is 4.90. The van der Waals surface area contributed by atoms with E-state index in [2.05, 4.69) is 52.1 Å². The van der Waals surface area contributed by atoms with Gasteiger partial charge in [0.2, 0.25) is 8.32 Å². The van der Waals surface area contributed by atoms with E-state index in [9.17, 15) is 0 Å². The van der Waals surface area contributed by atoms with Crippen molar-refractivity contribution < 1.29 is 13.9 Å². The molecular weight excluding hydrogens is 304 g/mol. The van der Waals surface area contributed by atoms with Gasteiger partial charge >= 0.3 is 0 Å². The molecule has 1 aromatic rings. The molecule has 0 aliphatic carbocycles. The zero-order valence-corrected chi connectivity index (χ0v) is 16.1. The van der Waals surface area contributed by atoms with Crippen LogP contribution in [0, 0.1) is 0 Å². The summed E-state index contributed by atoms with van der Waals surface area (Å²) < 4.78 is 18.0. The van der Waals surface area contributed by atoms with Gasteiger partial charge in [-0.1, -0.05) is 51.1 Å². The Bertz CT molecular complexity index is 517. The first-order chi connectivity index (χ1) is 10.8. The van der Waals surface area contributed by atoms with Crippen molar-refractivity contribution in [1.82, 2.24) is 0 Å². The quantitative estimate of drug-likeness (QED) is 0.693. The van der Waals surface area contributed by atoms with E-state index in [1.807, 2.05) is 18.2 Å². The molecular formula is C19H30O3Si. The van der Waals surface area contributed by atoms with Gasteiger partial charge in [-0.2, -0.15) is 0 Å². The fourth-order valence-electron chi connectivity index (χ4n) is 2.20. The van der Waals surface area contributed by atoms with Crippen molar-refractivity contribution in [3.63, 3.8) is 0 Å². The minimum absolute atomic E-state index is 0.0866. The summed E-state index contributed by atoms with van der Waals surface area (Å²) >= 11 is 0. The van der Waals surface area contributed by atoms with Crippen LogP contribution >= 0.6 is 0 Å². The van der Waals surface area contributed by atoms with Crippen LogP contribution in [0.5, 0.6) is 0 Å². The molecule has 0 saturated heterocycles. The molecule has 1 heterocycles. The van der Waals surface area contributed by atoms with E-state index >= 15 is 0 Å². The van der Waals surface area contributed by atoms with Crippen LogP contribution in [-0.4, -0.2) is 27.6 Å². The Balaban J connectivity index is 1.80. The highest BCUT2D eigenvalue weighted by atomic mass is 28.4. The predicted molar refractivity (Wildman–Crippen MR) is 96.8 cm³/mol. The second-order valence-corrected chi connectivity index (χ2v) is 12.4. The Labute approximate surface area is 141 Å². The smallest absolute Gasteiger partial charge is 0.250 e. The Morgan fingerprint density at radius 1 is 1.17 bits per heavy atom. The zero-order chi connectivity index (χ0) is 16.9. The van der Waals surface area contributed by atoms with Gasteiger partial charge in [0.15, 0.2) is 0 Å². The molecule has 0 aromatic heterocycles. The van der Waals surface area contributed by atoms with Crippen LogP contribution < -0.4 is 0 Å². The molecule has 0 amide bonds. The van der Waals surface area contributed by atoms with Gasteiger partial charge in [0.05, 0.1) is 31.7 Å². The lowest BCUT2D eigenvalue weighted by Crippen LogP contribution is -2.41. The first kappa shape index (κ1) is 18.2. The molecule has 1 atom stereocenters. The molecule has 1 aliphatic rings. The standard InChI is InChI=1S/C19H30O3Si/c1-19(2,3)23(4,5)22-17-11-12-21-18(13-17)15-20-14-16-9-7-6-8-10-16/h6-11,18H,12-15H2,1-5H3. The van der Waals surface area contributed by atoms with Crippen molar-refractivity contribution in [3.05, 3.63) is 47.7 Å². The second-order valence-electron chi connectivity index (χ2n) is 7.69. The molecule has 3 nitrogen and oxygen atoms in total. The van der Waals surface area contributed by atoms with Crippen molar-refractivity contribution in [3.8, 4) is 0 Å². The van der Waals surface area contributed by atoms with E-state index in [1.165, 1.54) is 5.56 Å². The molecule has 1 aliphatic heterocycles. The van der Waals surface area contributed by atoms with Gasteiger partial charge in [-0.05, 0) is 29.8 Å². The van der Waals surface area contributed by atoms with Crippen molar-refractivity contribution in [2.45, 2.75) is 58.0 Å². The summed E-state index contributed by atoms with van der Waals surface area (Å²) in [6.45, 7) is 13.2. The first-order valence-corrected chi connectivity index (χ1v) is 11.3. The average molecular weight is 335 g/mol. The van der Waals surface area contributed by atoms with Gasteiger partial charge in [-0.25, -0.2) is 0 Å². The summed E-state index contributed by atoms with van der Waals surface area (Å²) in [5, 5.41) is 0.214. The summed E-state index contributed by atoms with van der Waals surface area (Å²) in [6.07, 6.45) is 2.97. The monoisotopic (exact) mass is 334 g/mol. The number of hydrogen-bond acceptors (Lipinski definition) is 3. The van der Waals surface area contributed by atoms with Gasteiger partial charge in [0, 0.05) is 6.42 Å². The maximum atomic E-state index is 6.40. The molecule has 1 unspecified atom stereocenters. The van der Waals surface area contributed by atoms with Crippen LogP contribution in [0.1, 0.15) is 32.8 Å². The van der Waals surface area contributed by atoms with Gasteiger partial charge in [0.25, 0.3) is 0 Å². The molecule has 0 bridgehead atoms. The van der Waals surface area contributed by atoms with Crippen molar-refractivity contribution in [2.75, 3.05) is 13.2 Å². The SMILES string of the molecule is CC(C)(C)[Si](C)(C)OC1=CCOC(COCc2ccccc2)C1. The van der Waals surface area contributed by atoms with Crippen LogP contribution in [-0.2, 0) is 20.5 Å². The fraction of sp³-hybridized carbons (Fsp3) is 0.579. The van der Waals surface area contributed by atoms with E-state index in [1.54, 1.807) is 0 Å². The van der Waals surface area contributed by atoms with Gasteiger partial charge in [-0.3, -0.25) is 0 Å². The molecule has 4 heteroatoms. The molecule has 0 saturated carbocycles. The average Bonchev–Trinajstić information content (AvgIpc) is 2.47. The highest BCUT2D eigenvalue weighted by Crippen LogP contribution is 2.38. The van der Waals surface area contributed by atoms with E-state index in [0.29, 0.717) is 19.8 Å². The Morgan fingerprint density at radius 2 is 1.87 bits per heavy atom. The third-order valence-corrected chi connectivity index (χ3v) is 9.06. The third-order valence-electron chi connectivity index (χ3n) is 4.68. The number of hydrogen-bond donors (Lipinski definition) is 0. The molecule has 23 heavy (non-hydrogen) atoms. The number of benzene rings is 1. The molecule has 2 rings (SSSR count). The highest BCUT2D eigenvalue weighted by molar-refractivity contribution is 6.74. The number of ether oxygens (including phenoxy) is 2. The minimum atomic E-state index is -1.77. The highest BCUT2D eigenvalue weighted by Gasteiger charge is 2.39. The van der Waals surface area contributed by atoms with Crippen molar-refractivity contribution in [2.24, 2.45) is 0 Å². The summed E-state index contributed by atoms with van der Waals surface area (Å²) in [7, 11) is -1.77. The van der Waals surface area contributed by atoms with Gasteiger partial charge < -0.3 is 13.9 Å². The Hall–Kier alpha value is -1.10. The van der Waals surface area contributed by atoms with Crippen LogP contribution in [0.25, 0.3) is 0 Å². The van der Waals surface area contributed by atoms with E-state index < -0.39 is 8.32 Å². The summed E-state index contributed by atoms with van der Waals surface area (Å²) in [6, 6.07) is 10.2. The van der Waals surface area contributed by atoms with Gasteiger partial charge in [0.1, 0.15) is 0 Å². The zero-order valence-electron chi connectivity index (χ0n) is 15.1. The summed E-state index contributed by atoms with van der Waals surface area (Å²) in [5.41, 5.74) is 1.19. The topological polar surface area (TPSA) is 27.7 Å². The second kappa shape index (κ2) is 7.64. The Morgan fingerprint density at radius 3 is 2.52 bits per heavy atom. The van der Waals surface area contributed by atoms with Crippen LogP contribution in [0.4, 0.5) is 0 Å². The maximum absolute atomic E-state index is 6.40. The normalized spacial score (nSPS) is 19.3. The van der Waals surface area contributed by atoms with Crippen LogP contribution in [0.2, 0.25) is 18.1 Å². The molecule has 128 valence electrons. The third kappa shape index (κ3) is 5.48. The summed E-state index contributed by atoms with van der Waals surface area (Å²) in [5.74, 6) is 1.08. The molecule has 1 aromatic carbocycles. The Kier molecular flexibility index (Phi) is 6.06. The largest absolute Gasteiger partial charge is 0.547 e. The van der Waals surface area contributed by atoms with E-state index in [-0.39, 0.29) is 11.1 Å². The molecule has 0 spiro atoms. The first-order valence-electron chi connectivity index (χ1n) is 8.39. The maximum Gasteiger partial charge on any atom is 0.250 e. The summed E-state index contributed by atoms with van der Waals surface area (Å²) in [4.78, 5) is 0. The van der Waals surface area contributed by atoms with Crippen molar-refractivity contribution in [1.29, 1.82) is 0 Å². The van der Waals surface area contributed by atoms with E-state index in [0.717, 1.165) is 12.2 Å². The minimum Gasteiger partial charge on any atom is -0.547 e. The van der Waals surface area contributed by atoms with Crippen LogP contribution in [0.15, 0.2) is 42.2 Å².